The van der Waals surface area contributed by atoms with Crippen LogP contribution in [0.3, 0.4) is 0 Å². The summed E-state index contributed by atoms with van der Waals surface area (Å²) >= 11 is 0. The maximum Gasteiger partial charge on any atom is 0.344 e. The first kappa shape index (κ1) is 22.1. The second-order valence-corrected chi connectivity index (χ2v) is 11.3. The number of rotatable bonds is 13. The van der Waals surface area contributed by atoms with Gasteiger partial charge in [-0.25, -0.2) is 0 Å². The van der Waals surface area contributed by atoms with Crippen molar-refractivity contribution in [2.24, 2.45) is 11.8 Å². The molecule has 0 aromatic rings. The van der Waals surface area contributed by atoms with Crippen molar-refractivity contribution in [2.75, 3.05) is 13.2 Å². The maximum absolute atomic E-state index is 6.46. The molecule has 0 heterocycles. The molecule has 0 rings (SSSR count). The molecular weight excluding hydrogens is 288 g/mol. The van der Waals surface area contributed by atoms with Crippen molar-refractivity contribution in [3.63, 3.8) is 0 Å². The zero-order valence-corrected chi connectivity index (χ0v) is 17.6. The third-order valence-electron chi connectivity index (χ3n) is 5.14. The van der Waals surface area contributed by atoms with Crippen LogP contribution in [0.2, 0.25) is 11.1 Å². The molecule has 0 amide bonds. The lowest BCUT2D eigenvalue weighted by molar-refractivity contribution is 0.143. The topological polar surface area (TPSA) is 18.5 Å². The molecule has 1 atom stereocenters. The molecule has 0 aliphatic rings. The molecule has 0 aliphatic heterocycles. The Kier molecular flexibility index (Phi) is 10.9. The molecule has 1 unspecified atom stereocenters. The molecule has 0 aliphatic carbocycles. The molecule has 0 spiro atoms. The standard InChI is InChI=1S/C19H42O2Si/c1-9-14-17(6)15-19(7,8)22(20-12-4,21-13-5)16-18(10-2)11-3/h17-18H,9-16H2,1-8H3. The molecule has 0 saturated carbocycles. The van der Waals surface area contributed by atoms with E-state index in [9.17, 15) is 0 Å². The fourth-order valence-corrected chi connectivity index (χ4v) is 8.45. The lowest BCUT2D eigenvalue weighted by Gasteiger charge is -2.45. The van der Waals surface area contributed by atoms with Gasteiger partial charge in [-0.1, -0.05) is 67.2 Å². The minimum atomic E-state index is -2.22. The van der Waals surface area contributed by atoms with E-state index in [4.69, 9.17) is 8.85 Å². The molecule has 0 saturated heterocycles. The average molecular weight is 331 g/mol. The highest BCUT2D eigenvalue weighted by molar-refractivity contribution is 6.70. The Bertz CT molecular complexity index is 269. The van der Waals surface area contributed by atoms with Gasteiger partial charge < -0.3 is 8.85 Å². The minimum Gasteiger partial charge on any atom is -0.394 e. The Hall–Kier alpha value is 0.137. The Morgan fingerprint density at radius 1 is 0.909 bits per heavy atom. The third-order valence-corrected chi connectivity index (χ3v) is 10.0. The van der Waals surface area contributed by atoms with Crippen molar-refractivity contribution in [2.45, 2.75) is 98.6 Å². The van der Waals surface area contributed by atoms with Crippen molar-refractivity contribution >= 4 is 8.56 Å². The molecule has 0 aromatic heterocycles. The fourth-order valence-electron chi connectivity index (χ4n) is 3.87. The second-order valence-electron chi connectivity index (χ2n) is 7.49. The Labute approximate surface area is 141 Å². The molecule has 3 heteroatoms. The Morgan fingerprint density at radius 3 is 1.77 bits per heavy atom. The summed E-state index contributed by atoms with van der Waals surface area (Å²) < 4.78 is 12.9. The molecule has 0 radical (unpaired) electrons. The van der Waals surface area contributed by atoms with Gasteiger partial charge in [0.15, 0.2) is 0 Å². The first-order valence-corrected chi connectivity index (χ1v) is 11.6. The summed E-state index contributed by atoms with van der Waals surface area (Å²) in [4.78, 5) is 0. The van der Waals surface area contributed by atoms with Gasteiger partial charge in [0.25, 0.3) is 0 Å². The fraction of sp³-hybridized carbons (Fsp3) is 1.00. The van der Waals surface area contributed by atoms with Crippen LogP contribution in [0.5, 0.6) is 0 Å². The molecular formula is C19H42O2Si. The molecule has 0 aromatic carbocycles. The van der Waals surface area contributed by atoms with E-state index in [0.29, 0.717) is 0 Å². The zero-order valence-electron chi connectivity index (χ0n) is 16.6. The van der Waals surface area contributed by atoms with Crippen molar-refractivity contribution in [1.29, 1.82) is 0 Å². The van der Waals surface area contributed by atoms with Gasteiger partial charge in [0.1, 0.15) is 0 Å². The summed E-state index contributed by atoms with van der Waals surface area (Å²) in [5, 5.41) is 0.163. The van der Waals surface area contributed by atoms with E-state index >= 15 is 0 Å². The minimum absolute atomic E-state index is 0.163. The molecule has 0 fully saturated rings. The van der Waals surface area contributed by atoms with Crippen LogP contribution in [-0.4, -0.2) is 21.8 Å². The van der Waals surface area contributed by atoms with Crippen LogP contribution in [0, 0.1) is 11.8 Å². The average Bonchev–Trinajstić information content (AvgIpc) is 2.44. The van der Waals surface area contributed by atoms with Gasteiger partial charge in [0.2, 0.25) is 0 Å². The van der Waals surface area contributed by atoms with Gasteiger partial charge in [-0.2, -0.15) is 0 Å². The molecule has 0 bridgehead atoms. The second kappa shape index (κ2) is 10.8. The summed E-state index contributed by atoms with van der Waals surface area (Å²) in [6.45, 7) is 19.9. The van der Waals surface area contributed by atoms with E-state index in [0.717, 1.165) is 31.1 Å². The van der Waals surface area contributed by atoms with Gasteiger partial charge in [-0.3, -0.25) is 0 Å². The summed E-state index contributed by atoms with van der Waals surface area (Å²) in [5.74, 6) is 1.47. The van der Waals surface area contributed by atoms with E-state index < -0.39 is 8.56 Å². The maximum atomic E-state index is 6.46. The zero-order chi connectivity index (χ0) is 17.2. The van der Waals surface area contributed by atoms with Crippen molar-refractivity contribution < 1.29 is 8.85 Å². The number of hydrogen-bond donors (Lipinski definition) is 0. The van der Waals surface area contributed by atoms with Crippen LogP contribution in [-0.2, 0) is 8.85 Å². The van der Waals surface area contributed by atoms with E-state index in [1.165, 1.54) is 32.1 Å². The van der Waals surface area contributed by atoms with Crippen LogP contribution in [0.4, 0.5) is 0 Å². The first-order valence-electron chi connectivity index (χ1n) is 9.60. The van der Waals surface area contributed by atoms with Crippen molar-refractivity contribution in [3.8, 4) is 0 Å². The lowest BCUT2D eigenvalue weighted by atomic mass is 9.94. The van der Waals surface area contributed by atoms with Crippen LogP contribution in [0.1, 0.15) is 87.5 Å². The normalized spacial score (nSPS) is 14.6. The van der Waals surface area contributed by atoms with Crippen LogP contribution in [0.15, 0.2) is 0 Å². The Balaban J connectivity index is 5.38. The summed E-state index contributed by atoms with van der Waals surface area (Å²) in [6.07, 6.45) is 6.24. The smallest absolute Gasteiger partial charge is 0.344 e. The molecule has 22 heavy (non-hydrogen) atoms. The van der Waals surface area contributed by atoms with E-state index in [-0.39, 0.29) is 5.04 Å². The molecule has 0 N–H and O–H groups in total. The molecule has 2 nitrogen and oxygen atoms in total. The predicted octanol–water partition coefficient (Wildman–Crippen LogP) is 6.54. The van der Waals surface area contributed by atoms with Gasteiger partial charge >= 0.3 is 8.56 Å². The van der Waals surface area contributed by atoms with Gasteiger partial charge in [0.05, 0.1) is 0 Å². The highest BCUT2D eigenvalue weighted by Crippen LogP contribution is 2.48. The largest absolute Gasteiger partial charge is 0.394 e. The summed E-state index contributed by atoms with van der Waals surface area (Å²) in [7, 11) is -2.22. The van der Waals surface area contributed by atoms with Gasteiger partial charge in [-0.05, 0) is 38.1 Å². The molecule has 134 valence electrons. The SMILES string of the molecule is CCCC(C)CC(C)(C)[Si](CC(CC)CC)(OCC)OCC. The number of hydrogen-bond acceptors (Lipinski definition) is 2. The summed E-state index contributed by atoms with van der Waals surface area (Å²) in [6, 6.07) is 1.15. The van der Waals surface area contributed by atoms with E-state index in [1.807, 2.05) is 0 Å². The third kappa shape index (κ3) is 6.33. The van der Waals surface area contributed by atoms with Gasteiger partial charge in [-0.15, -0.1) is 0 Å². The lowest BCUT2D eigenvalue weighted by Crippen LogP contribution is -2.53. The highest BCUT2D eigenvalue weighted by Gasteiger charge is 2.52. The monoisotopic (exact) mass is 330 g/mol. The quantitative estimate of drug-likeness (QED) is 0.357. The van der Waals surface area contributed by atoms with Crippen molar-refractivity contribution in [1.82, 2.24) is 0 Å². The summed E-state index contributed by atoms with van der Waals surface area (Å²) in [5.41, 5.74) is 0. The Morgan fingerprint density at radius 2 is 1.41 bits per heavy atom. The van der Waals surface area contributed by atoms with Crippen molar-refractivity contribution in [3.05, 3.63) is 0 Å². The predicted molar refractivity (Wildman–Crippen MR) is 101 cm³/mol. The van der Waals surface area contributed by atoms with E-state index in [1.54, 1.807) is 0 Å². The first-order chi connectivity index (χ1) is 10.3. The van der Waals surface area contributed by atoms with Crippen LogP contribution >= 0.6 is 0 Å². The highest BCUT2D eigenvalue weighted by atomic mass is 28.4. The van der Waals surface area contributed by atoms with Crippen LogP contribution < -0.4 is 0 Å². The van der Waals surface area contributed by atoms with Crippen LogP contribution in [0.25, 0.3) is 0 Å². The van der Waals surface area contributed by atoms with E-state index in [2.05, 4.69) is 55.4 Å². The van der Waals surface area contributed by atoms with Gasteiger partial charge in [0, 0.05) is 18.3 Å².